The minimum absolute atomic E-state index is 0.000354. The number of ketones is 2. The SMILES string of the molecule is CN(C)c1cc(-c2cccs2)c(O)c2c1C[C@@H]1C[C@@H]3[C@@H](N(C)C)C(O)=C(C(N)=O)C(=O)[C@]3(O)C(O)=C1C2=O. The summed E-state index contributed by atoms with van der Waals surface area (Å²) in [6.07, 6.45) is 0.284. The van der Waals surface area contributed by atoms with Crippen molar-refractivity contribution in [2.24, 2.45) is 17.6 Å². The quantitative estimate of drug-likeness (QED) is 0.365. The van der Waals surface area contributed by atoms with Crippen molar-refractivity contribution in [3.63, 3.8) is 0 Å². The molecule has 0 saturated heterocycles. The van der Waals surface area contributed by atoms with Crippen LogP contribution in [0, 0.1) is 11.8 Å². The van der Waals surface area contributed by atoms with Crippen LogP contribution < -0.4 is 10.6 Å². The topological polar surface area (TPSA) is 165 Å². The summed E-state index contributed by atoms with van der Waals surface area (Å²) in [6, 6.07) is 4.44. The van der Waals surface area contributed by atoms with Crippen LogP contribution in [0.3, 0.4) is 0 Å². The van der Waals surface area contributed by atoms with Crippen LogP contribution in [0.1, 0.15) is 22.3 Å². The van der Waals surface area contributed by atoms with Crippen molar-refractivity contribution in [3.05, 3.63) is 57.4 Å². The second-order valence-electron chi connectivity index (χ2n) is 10.5. The molecule has 38 heavy (non-hydrogen) atoms. The first-order chi connectivity index (χ1) is 17.8. The van der Waals surface area contributed by atoms with E-state index < -0.39 is 58.0 Å². The summed E-state index contributed by atoms with van der Waals surface area (Å²) in [5, 5.41) is 47.2. The first-order valence-electron chi connectivity index (χ1n) is 12.1. The van der Waals surface area contributed by atoms with Gasteiger partial charge in [0.15, 0.2) is 11.4 Å². The number of aromatic hydroxyl groups is 1. The molecule has 2 aromatic rings. The summed E-state index contributed by atoms with van der Waals surface area (Å²) < 4.78 is 0. The molecular formula is C27H29N3O7S. The molecule has 5 rings (SSSR count). The van der Waals surface area contributed by atoms with Gasteiger partial charge in [0.05, 0.1) is 11.6 Å². The number of primary amides is 1. The van der Waals surface area contributed by atoms with Gasteiger partial charge in [0.1, 0.15) is 22.8 Å². The summed E-state index contributed by atoms with van der Waals surface area (Å²) in [7, 11) is 6.85. The molecule has 3 aliphatic carbocycles. The molecule has 0 spiro atoms. The average Bonchev–Trinajstić information content (AvgIpc) is 3.35. The molecule has 0 unspecified atom stereocenters. The highest BCUT2D eigenvalue weighted by atomic mass is 32.1. The van der Waals surface area contributed by atoms with Crippen LogP contribution in [0.25, 0.3) is 10.4 Å². The molecule has 0 bridgehead atoms. The minimum Gasteiger partial charge on any atom is -0.510 e. The number of carbonyl (C=O) groups is 3. The van der Waals surface area contributed by atoms with Crippen molar-refractivity contribution in [3.8, 4) is 16.2 Å². The number of nitrogens with two attached hydrogens (primary N) is 1. The molecule has 1 heterocycles. The van der Waals surface area contributed by atoms with Gasteiger partial charge in [-0.1, -0.05) is 6.07 Å². The monoisotopic (exact) mass is 539 g/mol. The standard InChI is InChI=1S/C27H29N3O7S/c1-29(2)15-10-13(16-6-5-7-38-16)21(31)18-12(15)8-11-9-14-20(30(3)4)23(33)19(26(28)36)25(35)27(14,37)24(34)17(11)22(18)32/h5-7,10-11,14,20,31,33-34,37H,8-9H2,1-4H3,(H2,28,36)/t11-,14-,20-,27-/m1/s1. The van der Waals surface area contributed by atoms with Crippen LogP contribution in [0.4, 0.5) is 5.69 Å². The predicted molar refractivity (Wildman–Crippen MR) is 141 cm³/mol. The molecule has 0 radical (unpaired) electrons. The Balaban J connectivity index is 1.76. The van der Waals surface area contributed by atoms with Crippen LogP contribution >= 0.6 is 11.3 Å². The first-order valence-corrected chi connectivity index (χ1v) is 12.9. The van der Waals surface area contributed by atoms with Gasteiger partial charge in [-0.2, -0.15) is 0 Å². The van der Waals surface area contributed by atoms with E-state index in [0.29, 0.717) is 11.1 Å². The molecule has 6 N–H and O–H groups in total. The van der Waals surface area contributed by atoms with E-state index >= 15 is 0 Å². The zero-order valence-electron chi connectivity index (χ0n) is 21.3. The molecule has 0 aliphatic heterocycles. The van der Waals surface area contributed by atoms with E-state index in [1.165, 1.54) is 16.2 Å². The normalized spacial score (nSPS) is 26.8. The lowest BCUT2D eigenvalue weighted by Gasteiger charge is -2.50. The van der Waals surface area contributed by atoms with Crippen molar-refractivity contribution >= 4 is 34.5 Å². The Morgan fingerprint density at radius 1 is 1.16 bits per heavy atom. The van der Waals surface area contributed by atoms with Crippen molar-refractivity contribution in [2.45, 2.75) is 24.5 Å². The van der Waals surface area contributed by atoms with Crippen molar-refractivity contribution in [2.75, 3.05) is 33.1 Å². The fourth-order valence-corrected chi connectivity index (χ4v) is 7.06. The zero-order chi connectivity index (χ0) is 27.8. The number of phenols is 1. The summed E-state index contributed by atoms with van der Waals surface area (Å²) in [4.78, 5) is 43.7. The summed E-state index contributed by atoms with van der Waals surface area (Å²) in [5.41, 5.74) is 3.49. The highest BCUT2D eigenvalue weighted by Gasteiger charge is 2.63. The molecule has 4 atom stereocenters. The van der Waals surface area contributed by atoms with Gasteiger partial charge in [-0.25, -0.2) is 0 Å². The third kappa shape index (κ3) is 3.35. The number of thiophene rings is 1. The lowest BCUT2D eigenvalue weighted by Crippen LogP contribution is -2.63. The molecule has 0 saturated carbocycles. The average molecular weight is 540 g/mol. The Hall–Kier alpha value is -3.67. The number of aliphatic hydroxyl groups excluding tert-OH is 2. The Bertz CT molecular complexity index is 1460. The smallest absolute Gasteiger partial charge is 0.255 e. The number of likely N-dealkylation sites (N-methyl/N-ethyl adjacent to an activating group) is 1. The second kappa shape index (κ2) is 8.69. The van der Waals surface area contributed by atoms with E-state index in [1.54, 1.807) is 14.1 Å². The maximum absolute atomic E-state index is 14.0. The van der Waals surface area contributed by atoms with Gasteiger partial charge in [0.2, 0.25) is 5.78 Å². The number of rotatable bonds is 4. The van der Waals surface area contributed by atoms with E-state index in [4.69, 9.17) is 5.73 Å². The summed E-state index contributed by atoms with van der Waals surface area (Å²) >= 11 is 1.39. The van der Waals surface area contributed by atoms with E-state index in [9.17, 15) is 34.8 Å². The number of anilines is 1. The molecule has 11 heteroatoms. The number of aliphatic hydroxyl groups is 3. The van der Waals surface area contributed by atoms with Gasteiger partial charge < -0.3 is 31.1 Å². The van der Waals surface area contributed by atoms with Crippen LogP contribution in [0.5, 0.6) is 5.75 Å². The number of carbonyl (C=O) groups excluding carboxylic acids is 3. The van der Waals surface area contributed by atoms with Crippen LogP contribution in [-0.2, 0) is 16.0 Å². The summed E-state index contributed by atoms with van der Waals surface area (Å²) in [5.74, 6) is -6.59. The molecule has 1 aromatic carbocycles. The van der Waals surface area contributed by atoms with Crippen molar-refractivity contribution in [1.82, 2.24) is 4.90 Å². The molecule has 1 amide bonds. The Kier molecular flexibility index (Phi) is 5.93. The van der Waals surface area contributed by atoms with Gasteiger partial charge in [-0.15, -0.1) is 11.3 Å². The summed E-state index contributed by atoms with van der Waals surface area (Å²) in [6.45, 7) is 0. The fourth-order valence-electron chi connectivity index (χ4n) is 6.32. The van der Waals surface area contributed by atoms with Gasteiger partial charge in [-0.3, -0.25) is 19.3 Å². The van der Waals surface area contributed by atoms with Gasteiger partial charge in [0, 0.05) is 41.7 Å². The number of benzene rings is 1. The Labute approximate surface area is 222 Å². The minimum atomic E-state index is -2.66. The number of fused-ring (bicyclic) bond motifs is 3. The maximum Gasteiger partial charge on any atom is 0.255 e. The number of Topliss-reactive ketones (excluding diaryl/α,β-unsaturated/α-hetero) is 2. The zero-order valence-corrected chi connectivity index (χ0v) is 22.2. The first kappa shape index (κ1) is 26.0. The van der Waals surface area contributed by atoms with Gasteiger partial charge in [-0.05, 0) is 55.9 Å². The number of allylic oxidation sites excluding steroid dienone is 1. The predicted octanol–water partition coefficient (Wildman–Crippen LogP) is 1.92. The van der Waals surface area contributed by atoms with E-state index in [0.717, 1.165) is 10.6 Å². The number of phenolic OH excluding ortho intramolecular Hbond substituents is 1. The number of amides is 1. The van der Waals surface area contributed by atoms with E-state index in [-0.39, 0.29) is 29.7 Å². The largest absolute Gasteiger partial charge is 0.510 e. The third-order valence-electron chi connectivity index (χ3n) is 7.97. The van der Waals surface area contributed by atoms with E-state index in [2.05, 4.69) is 0 Å². The van der Waals surface area contributed by atoms with Crippen molar-refractivity contribution in [1.29, 1.82) is 0 Å². The number of hydrogen-bond donors (Lipinski definition) is 5. The van der Waals surface area contributed by atoms with Crippen LogP contribution in [-0.4, -0.2) is 82.6 Å². The van der Waals surface area contributed by atoms with Crippen LogP contribution in [0.2, 0.25) is 0 Å². The molecular weight excluding hydrogens is 510 g/mol. The number of nitrogens with zero attached hydrogens (tertiary/aromatic N) is 2. The molecule has 200 valence electrons. The fraction of sp³-hybridized carbons (Fsp3) is 0.370. The second-order valence-corrected chi connectivity index (χ2v) is 11.4. The maximum atomic E-state index is 14.0. The van der Waals surface area contributed by atoms with Gasteiger partial charge >= 0.3 is 0 Å². The molecule has 3 aliphatic rings. The Morgan fingerprint density at radius 3 is 2.39 bits per heavy atom. The third-order valence-corrected chi connectivity index (χ3v) is 8.87. The number of hydrogen-bond acceptors (Lipinski definition) is 10. The highest BCUT2D eigenvalue weighted by molar-refractivity contribution is 7.13. The molecule has 0 fully saturated rings. The van der Waals surface area contributed by atoms with E-state index in [1.807, 2.05) is 42.6 Å². The molecule has 1 aromatic heterocycles. The van der Waals surface area contributed by atoms with Gasteiger partial charge in [0.25, 0.3) is 5.91 Å². The lowest BCUT2D eigenvalue weighted by molar-refractivity contribution is -0.148. The lowest BCUT2D eigenvalue weighted by atomic mass is 9.58. The highest BCUT2D eigenvalue weighted by Crippen LogP contribution is 2.54. The van der Waals surface area contributed by atoms with Crippen LogP contribution in [0.15, 0.2) is 46.2 Å². The molecule has 10 nitrogen and oxygen atoms in total. The Morgan fingerprint density at radius 2 is 1.84 bits per heavy atom. The van der Waals surface area contributed by atoms with Crippen molar-refractivity contribution < 1.29 is 34.8 Å².